The zero-order valence-electron chi connectivity index (χ0n) is 15.0. The summed E-state index contributed by atoms with van der Waals surface area (Å²) < 4.78 is 38.8. The predicted octanol–water partition coefficient (Wildman–Crippen LogP) is 4.80. The van der Waals surface area contributed by atoms with Crippen molar-refractivity contribution >= 4 is 46.8 Å². The van der Waals surface area contributed by atoms with Crippen LogP contribution in [-0.2, 0) is 14.3 Å². The Morgan fingerprint density at radius 3 is 2.45 bits per heavy atom. The smallest absolute Gasteiger partial charge is 0.387 e. The van der Waals surface area contributed by atoms with Crippen LogP contribution >= 0.6 is 23.2 Å². The van der Waals surface area contributed by atoms with Gasteiger partial charge in [0.1, 0.15) is 0 Å². The second-order valence-electron chi connectivity index (χ2n) is 5.37. The number of anilines is 1. The van der Waals surface area contributed by atoms with Crippen LogP contribution in [0.25, 0.3) is 6.08 Å². The first-order chi connectivity index (χ1) is 13.8. The summed E-state index contributed by atoms with van der Waals surface area (Å²) in [4.78, 5) is 23.7. The summed E-state index contributed by atoms with van der Waals surface area (Å²) in [5, 5.41) is 2.93. The van der Waals surface area contributed by atoms with Crippen LogP contribution in [0.2, 0.25) is 10.0 Å². The molecule has 0 aliphatic heterocycles. The number of rotatable bonds is 8. The van der Waals surface area contributed by atoms with E-state index in [2.05, 4.69) is 10.1 Å². The molecule has 29 heavy (non-hydrogen) atoms. The molecule has 0 atom stereocenters. The molecule has 1 N–H and O–H groups in total. The Hall–Kier alpha value is -2.84. The highest BCUT2D eigenvalue weighted by molar-refractivity contribution is 6.39. The van der Waals surface area contributed by atoms with Crippen molar-refractivity contribution in [1.82, 2.24) is 0 Å². The highest BCUT2D eigenvalue weighted by atomic mass is 35.5. The summed E-state index contributed by atoms with van der Waals surface area (Å²) in [6.45, 7) is -3.55. The quantitative estimate of drug-likeness (QED) is 0.466. The number of methoxy groups -OCH3 is 1. The van der Waals surface area contributed by atoms with Gasteiger partial charge in [0.15, 0.2) is 18.1 Å². The molecular weight excluding hydrogens is 431 g/mol. The number of esters is 1. The standard InChI is InChI=1S/C19H15Cl2F2NO5/c1-27-15-9-11(5-7-14(15)29-19(22)23)6-8-17(26)28-10-16(25)24-18-12(20)3-2-4-13(18)21/h2-9,19H,10H2,1H3,(H,24,25)/b8-6+. The van der Waals surface area contributed by atoms with Crippen LogP contribution in [0.4, 0.5) is 14.5 Å². The van der Waals surface area contributed by atoms with E-state index < -0.39 is 25.1 Å². The van der Waals surface area contributed by atoms with Crippen molar-refractivity contribution in [3.63, 3.8) is 0 Å². The van der Waals surface area contributed by atoms with Crippen LogP contribution in [0.1, 0.15) is 5.56 Å². The van der Waals surface area contributed by atoms with Gasteiger partial charge >= 0.3 is 12.6 Å². The fraction of sp³-hybridized carbons (Fsp3) is 0.158. The number of carbonyl (C=O) groups is 2. The molecular formula is C19H15Cl2F2NO5. The molecule has 6 nitrogen and oxygen atoms in total. The second kappa shape index (κ2) is 10.6. The number of alkyl halides is 2. The average molecular weight is 446 g/mol. The maximum absolute atomic E-state index is 12.3. The number of amides is 1. The molecule has 0 unspecified atom stereocenters. The van der Waals surface area contributed by atoms with Crippen molar-refractivity contribution in [2.24, 2.45) is 0 Å². The second-order valence-corrected chi connectivity index (χ2v) is 6.19. The molecule has 2 aromatic rings. The lowest BCUT2D eigenvalue weighted by molar-refractivity contribution is -0.142. The van der Waals surface area contributed by atoms with Crippen molar-refractivity contribution in [2.45, 2.75) is 6.61 Å². The number of para-hydroxylation sites is 1. The van der Waals surface area contributed by atoms with Gasteiger partial charge in [-0.15, -0.1) is 0 Å². The summed E-state index contributed by atoms with van der Waals surface area (Å²) >= 11 is 11.9. The van der Waals surface area contributed by atoms with Gasteiger partial charge in [0.25, 0.3) is 5.91 Å². The normalized spacial score (nSPS) is 10.8. The van der Waals surface area contributed by atoms with Crippen LogP contribution in [0, 0.1) is 0 Å². The van der Waals surface area contributed by atoms with Gasteiger partial charge in [0.2, 0.25) is 0 Å². The van der Waals surface area contributed by atoms with E-state index in [1.165, 1.54) is 31.4 Å². The molecule has 2 rings (SSSR count). The number of ether oxygens (including phenoxy) is 3. The summed E-state index contributed by atoms with van der Waals surface area (Å²) in [6, 6.07) is 8.82. The first-order valence-corrected chi connectivity index (χ1v) is 8.77. The third kappa shape index (κ3) is 6.92. The van der Waals surface area contributed by atoms with E-state index in [1.54, 1.807) is 18.2 Å². The third-order valence-corrected chi connectivity index (χ3v) is 4.02. The summed E-state index contributed by atoms with van der Waals surface area (Å²) in [6.07, 6.45) is 2.43. The van der Waals surface area contributed by atoms with Crippen molar-refractivity contribution in [1.29, 1.82) is 0 Å². The fourth-order valence-corrected chi connectivity index (χ4v) is 2.61. The monoisotopic (exact) mass is 445 g/mol. The summed E-state index contributed by atoms with van der Waals surface area (Å²) in [5.74, 6) is -1.50. The Balaban J connectivity index is 1.91. The Bertz CT molecular complexity index is 901. The Labute approximate surface area is 175 Å². The highest BCUT2D eigenvalue weighted by Gasteiger charge is 2.12. The minimum absolute atomic E-state index is 0.0665. The van der Waals surface area contributed by atoms with Crippen LogP contribution in [0.5, 0.6) is 11.5 Å². The van der Waals surface area contributed by atoms with Crippen LogP contribution in [0.15, 0.2) is 42.5 Å². The van der Waals surface area contributed by atoms with Gasteiger partial charge in [-0.2, -0.15) is 8.78 Å². The Kier molecular flexibility index (Phi) is 8.23. The minimum atomic E-state index is -2.99. The molecule has 10 heteroatoms. The lowest BCUT2D eigenvalue weighted by Gasteiger charge is -2.10. The van der Waals surface area contributed by atoms with Crippen LogP contribution in [0.3, 0.4) is 0 Å². The van der Waals surface area contributed by atoms with Gasteiger partial charge in [0.05, 0.1) is 22.8 Å². The molecule has 154 valence electrons. The number of hydrogen-bond acceptors (Lipinski definition) is 5. The molecule has 0 fully saturated rings. The zero-order valence-corrected chi connectivity index (χ0v) is 16.5. The van der Waals surface area contributed by atoms with Gasteiger partial charge in [-0.3, -0.25) is 4.79 Å². The van der Waals surface area contributed by atoms with Crippen molar-refractivity contribution in [3.8, 4) is 11.5 Å². The summed E-state index contributed by atoms with van der Waals surface area (Å²) in [7, 11) is 1.29. The highest BCUT2D eigenvalue weighted by Crippen LogP contribution is 2.30. The van der Waals surface area contributed by atoms with Gasteiger partial charge in [-0.05, 0) is 35.9 Å². The van der Waals surface area contributed by atoms with Crippen LogP contribution in [-0.4, -0.2) is 32.2 Å². The van der Waals surface area contributed by atoms with E-state index in [0.717, 1.165) is 6.08 Å². The maximum atomic E-state index is 12.3. The van der Waals surface area contributed by atoms with Crippen molar-refractivity contribution in [2.75, 3.05) is 19.0 Å². The van der Waals surface area contributed by atoms with E-state index in [0.29, 0.717) is 5.56 Å². The van der Waals surface area contributed by atoms with Gasteiger partial charge < -0.3 is 19.5 Å². The molecule has 0 spiro atoms. The predicted molar refractivity (Wildman–Crippen MR) is 105 cm³/mol. The fourth-order valence-electron chi connectivity index (χ4n) is 2.12. The zero-order chi connectivity index (χ0) is 21.4. The lowest BCUT2D eigenvalue weighted by atomic mass is 10.2. The van der Waals surface area contributed by atoms with E-state index in [-0.39, 0.29) is 27.2 Å². The van der Waals surface area contributed by atoms with E-state index in [9.17, 15) is 18.4 Å². The van der Waals surface area contributed by atoms with Crippen LogP contribution < -0.4 is 14.8 Å². The number of benzene rings is 2. The maximum Gasteiger partial charge on any atom is 0.387 e. The molecule has 0 radical (unpaired) electrons. The van der Waals surface area contributed by atoms with E-state index in [4.69, 9.17) is 32.7 Å². The molecule has 0 aromatic heterocycles. The third-order valence-electron chi connectivity index (χ3n) is 3.39. The van der Waals surface area contributed by atoms with E-state index in [1.807, 2.05) is 0 Å². The number of halogens is 4. The Morgan fingerprint density at radius 1 is 1.14 bits per heavy atom. The molecule has 0 aliphatic carbocycles. The van der Waals surface area contributed by atoms with Crippen molar-refractivity contribution < 1.29 is 32.6 Å². The minimum Gasteiger partial charge on any atom is -0.493 e. The molecule has 2 aromatic carbocycles. The van der Waals surface area contributed by atoms with E-state index >= 15 is 0 Å². The van der Waals surface area contributed by atoms with Gasteiger partial charge in [-0.25, -0.2) is 4.79 Å². The largest absolute Gasteiger partial charge is 0.493 e. The lowest BCUT2D eigenvalue weighted by Crippen LogP contribution is -2.20. The number of nitrogens with one attached hydrogen (secondary N) is 1. The van der Waals surface area contributed by atoms with Crippen molar-refractivity contribution in [3.05, 3.63) is 58.1 Å². The molecule has 0 saturated carbocycles. The first-order valence-electron chi connectivity index (χ1n) is 8.01. The first kappa shape index (κ1) is 22.4. The average Bonchev–Trinajstić information content (AvgIpc) is 2.68. The molecule has 0 saturated heterocycles. The topological polar surface area (TPSA) is 73.9 Å². The van der Waals surface area contributed by atoms with Gasteiger partial charge in [0, 0.05) is 6.08 Å². The summed E-state index contributed by atoms with van der Waals surface area (Å²) in [5.41, 5.74) is 0.679. The Morgan fingerprint density at radius 2 is 1.83 bits per heavy atom. The molecule has 0 aliphatic rings. The molecule has 0 bridgehead atoms. The molecule has 1 amide bonds. The number of hydrogen-bond donors (Lipinski definition) is 1. The van der Waals surface area contributed by atoms with Gasteiger partial charge in [-0.1, -0.05) is 35.3 Å². The number of carbonyl (C=O) groups excluding carboxylic acids is 2. The SMILES string of the molecule is COc1cc(/C=C/C(=O)OCC(=O)Nc2c(Cl)cccc2Cl)ccc1OC(F)F. The molecule has 0 heterocycles.